The summed E-state index contributed by atoms with van der Waals surface area (Å²) < 4.78 is 4.57. The van der Waals surface area contributed by atoms with E-state index in [9.17, 15) is 14.9 Å². The molecule has 0 amide bonds. The number of nitro groups is 1. The molecule has 0 saturated carbocycles. The molecule has 0 aliphatic rings. The molecule has 2 aromatic rings. The van der Waals surface area contributed by atoms with Crippen LogP contribution < -0.4 is 0 Å². The van der Waals surface area contributed by atoms with Gasteiger partial charge in [-0.1, -0.05) is 0 Å². The Hall–Kier alpha value is -2.07. The maximum absolute atomic E-state index is 11.0. The van der Waals surface area contributed by atoms with E-state index in [1.165, 1.54) is 0 Å². The monoisotopic (exact) mass is 298 g/mol. The highest BCUT2D eigenvalue weighted by molar-refractivity contribution is 8.00. The molecule has 2 heterocycles. The average Bonchev–Trinajstić information content (AvgIpc) is 2.74. The predicted octanol–water partition coefficient (Wildman–Crippen LogP) is 2.00. The molecule has 19 heavy (non-hydrogen) atoms. The van der Waals surface area contributed by atoms with Crippen molar-refractivity contribution in [3.05, 3.63) is 33.8 Å². The molecule has 0 aromatic carbocycles. The number of hydrogen-bond acceptors (Lipinski definition) is 8. The van der Waals surface area contributed by atoms with Crippen molar-refractivity contribution in [3.63, 3.8) is 0 Å². The first-order valence-electron chi connectivity index (χ1n) is 4.83. The highest BCUT2D eigenvalue weighted by Gasteiger charge is 2.21. The molecule has 0 radical (unpaired) electrons. The Labute approximate surface area is 114 Å². The van der Waals surface area contributed by atoms with Crippen LogP contribution in [0.15, 0.2) is 21.6 Å². The Kier molecular flexibility index (Phi) is 3.71. The summed E-state index contributed by atoms with van der Waals surface area (Å²) >= 11 is 2.26. The summed E-state index contributed by atoms with van der Waals surface area (Å²) in [4.78, 5) is 28.8. The molecule has 0 saturated heterocycles. The van der Waals surface area contributed by atoms with Gasteiger partial charge in [-0.3, -0.25) is 10.1 Å². The van der Waals surface area contributed by atoms with Crippen molar-refractivity contribution < 1.29 is 14.8 Å². The fourth-order valence-electron chi connectivity index (χ4n) is 1.21. The second kappa shape index (κ2) is 5.28. The number of carbonyl (C=O) groups is 1. The lowest BCUT2D eigenvalue weighted by Crippen LogP contribution is -2.03. The summed E-state index contributed by atoms with van der Waals surface area (Å²) in [7, 11) is 0. The summed E-state index contributed by atoms with van der Waals surface area (Å²) in [5, 5.41) is 19.9. The van der Waals surface area contributed by atoms with E-state index >= 15 is 0 Å². The van der Waals surface area contributed by atoms with Crippen molar-refractivity contribution in [3.8, 4) is 0 Å². The number of aryl methyl sites for hydroxylation is 1. The fraction of sp³-hybridized carbons (Fsp3) is 0.111. The molecule has 98 valence electrons. The Morgan fingerprint density at radius 2 is 2.32 bits per heavy atom. The van der Waals surface area contributed by atoms with Gasteiger partial charge in [0, 0.05) is 0 Å². The SMILES string of the molecule is Cc1nsc(Sc2cc(C(=O)O)c([N+](=O)[O-])cn2)n1. The van der Waals surface area contributed by atoms with Gasteiger partial charge in [0.15, 0.2) is 4.34 Å². The molecule has 2 aromatic heterocycles. The normalized spacial score (nSPS) is 10.4. The van der Waals surface area contributed by atoms with E-state index in [4.69, 9.17) is 5.11 Å². The third kappa shape index (κ3) is 3.03. The van der Waals surface area contributed by atoms with Crippen LogP contribution in [0.25, 0.3) is 0 Å². The number of nitrogens with zero attached hydrogens (tertiary/aromatic N) is 4. The van der Waals surface area contributed by atoms with Crippen molar-refractivity contribution in [2.45, 2.75) is 16.3 Å². The van der Waals surface area contributed by atoms with Gasteiger partial charge in [0.2, 0.25) is 0 Å². The average molecular weight is 298 g/mol. The van der Waals surface area contributed by atoms with Crippen molar-refractivity contribution in [1.82, 2.24) is 14.3 Å². The summed E-state index contributed by atoms with van der Waals surface area (Å²) in [6.45, 7) is 1.73. The molecule has 8 nitrogen and oxygen atoms in total. The van der Waals surface area contributed by atoms with Gasteiger partial charge in [0.1, 0.15) is 22.6 Å². The van der Waals surface area contributed by atoms with Crippen LogP contribution in [-0.4, -0.2) is 30.3 Å². The number of hydrogen-bond donors (Lipinski definition) is 1. The van der Waals surface area contributed by atoms with Gasteiger partial charge < -0.3 is 5.11 Å². The summed E-state index contributed by atoms with van der Waals surface area (Å²) in [5.41, 5.74) is -0.936. The number of carboxylic acids is 1. The maximum Gasteiger partial charge on any atom is 0.342 e. The minimum Gasteiger partial charge on any atom is -0.477 e. The number of pyridine rings is 1. The van der Waals surface area contributed by atoms with Crippen LogP contribution in [0.3, 0.4) is 0 Å². The van der Waals surface area contributed by atoms with E-state index in [0.29, 0.717) is 15.2 Å². The number of rotatable bonds is 4. The quantitative estimate of drug-likeness (QED) is 0.672. The molecule has 0 aliphatic carbocycles. The largest absolute Gasteiger partial charge is 0.477 e. The van der Waals surface area contributed by atoms with Gasteiger partial charge in [-0.15, -0.1) is 0 Å². The number of aromatic carboxylic acids is 1. The molecule has 0 atom stereocenters. The van der Waals surface area contributed by atoms with Crippen molar-refractivity contribution in [2.75, 3.05) is 0 Å². The van der Waals surface area contributed by atoms with E-state index in [2.05, 4.69) is 14.3 Å². The lowest BCUT2D eigenvalue weighted by atomic mass is 10.2. The van der Waals surface area contributed by atoms with Gasteiger partial charge in [-0.25, -0.2) is 14.8 Å². The number of carboxylic acid groups (broad SMARTS) is 1. The van der Waals surface area contributed by atoms with Gasteiger partial charge in [-0.2, -0.15) is 4.37 Å². The van der Waals surface area contributed by atoms with Gasteiger partial charge in [-0.05, 0) is 36.3 Å². The van der Waals surface area contributed by atoms with Crippen LogP contribution in [0, 0.1) is 17.0 Å². The van der Waals surface area contributed by atoms with Crippen LogP contribution in [0.5, 0.6) is 0 Å². The lowest BCUT2D eigenvalue weighted by molar-refractivity contribution is -0.385. The number of aromatic nitrogens is 3. The third-order valence-corrected chi connectivity index (χ3v) is 3.76. The van der Waals surface area contributed by atoms with Gasteiger partial charge in [0.25, 0.3) is 0 Å². The van der Waals surface area contributed by atoms with Crippen LogP contribution in [0.4, 0.5) is 5.69 Å². The van der Waals surface area contributed by atoms with Crippen LogP contribution in [0.2, 0.25) is 0 Å². The van der Waals surface area contributed by atoms with E-state index in [1.54, 1.807) is 6.92 Å². The molecule has 0 spiro atoms. The molecule has 0 bridgehead atoms. The van der Waals surface area contributed by atoms with Crippen LogP contribution in [-0.2, 0) is 0 Å². The van der Waals surface area contributed by atoms with Gasteiger partial charge in [0.05, 0.1) is 4.92 Å². The van der Waals surface area contributed by atoms with Crippen molar-refractivity contribution >= 4 is 35.0 Å². The minimum absolute atomic E-state index is 0.319. The molecule has 1 N–H and O–H groups in total. The Bertz CT molecular complexity index is 657. The first kappa shape index (κ1) is 13.4. The van der Waals surface area contributed by atoms with E-state index in [1.807, 2.05) is 0 Å². The van der Waals surface area contributed by atoms with Crippen molar-refractivity contribution in [2.24, 2.45) is 0 Å². The maximum atomic E-state index is 11.0. The molecule has 0 unspecified atom stereocenters. The predicted molar refractivity (Wildman–Crippen MR) is 66.6 cm³/mol. The highest BCUT2D eigenvalue weighted by atomic mass is 32.2. The smallest absolute Gasteiger partial charge is 0.342 e. The van der Waals surface area contributed by atoms with E-state index in [-0.39, 0.29) is 0 Å². The zero-order valence-electron chi connectivity index (χ0n) is 9.43. The second-order valence-corrected chi connectivity index (χ2v) is 5.33. The third-order valence-electron chi connectivity index (χ3n) is 1.99. The highest BCUT2D eigenvalue weighted by Crippen LogP contribution is 2.30. The molecular weight excluding hydrogens is 292 g/mol. The Morgan fingerprint density at radius 1 is 1.58 bits per heavy atom. The Morgan fingerprint density at radius 3 is 2.84 bits per heavy atom. The Balaban J connectivity index is 2.35. The second-order valence-electron chi connectivity index (χ2n) is 3.31. The van der Waals surface area contributed by atoms with Crippen LogP contribution in [0.1, 0.15) is 16.2 Å². The first-order chi connectivity index (χ1) is 8.97. The van der Waals surface area contributed by atoms with Crippen LogP contribution >= 0.6 is 23.3 Å². The summed E-state index contributed by atoms with van der Waals surface area (Å²) in [6.07, 6.45) is 0.930. The first-order valence-corrected chi connectivity index (χ1v) is 6.42. The molecule has 2 rings (SSSR count). The lowest BCUT2D eigenvalue weighted by Gasteiger charge is -2.00. The molecule has 10 heteroatoms. The molecular formula is C9H6N4O4S2. The van der Waals surface area contributed by atoms with E-state index in [0.717, 1.165) is 35.6 Å². The topological polar surface area (TPSA) is 119 Å². The summed E-state index contributed by atoms with van der Waals surface area (Å²) in [5.74, 6) is -0.766. The molecule has 0 aliphatic heterocycles. The summed E-state index contributed by atoms with van der Waals surface area (Å²) in [6, 6.07) is 1.15. The standard InChI is InChI=1S/C9H6N4O4S2/c1-4-11-9(19-12-4)18-7-2-5(8(14)15)6(3-10-7)13(16)17/h2-3H,1H3,(H,14,15). The fourth-order valence-corrected chi connectivity index (χ4v) is 2.79. The van der Waals surface area contributed by atoms with Crippen molar-refractivity contribution in [1.29, 1.82) is 0 Å². The minimum atomic E-state index is -1.37. The zero-order chi connectivity index (χ0) is 14.0. The zero-order valence-corrected chi connectivity index (χ0v) is 11.1. The van der Waals surface area contributed by atoms with E-state index < -0.39 is 22.1 Å². The van der Waals surface area contributed by atoms with Gasteiger partial charge >= 0.3 is 11.7 Å². The molecule has 0 fully saturated rings.